The first kappa shape index (κ1) is 33.1. The van der Waals surface area contributed by atoms with Crippen molar-refractivity contribution in [1.82, 2.24) is 30.4 Å². The predicted octanol–water partition coefficient (Wildman–Crippen LogP) is 3.79. The number of rotatable bonds is 9. The van der Waals surface area contributed by atoms with E-state index in [9.17, 15) is 9.59 Å². The molecule has 0 spiro atoms. The molecule has 2 saturated heterocycles. The van der Waals surface area contributed by atoms with Gasteiger partial charge in [-0.15, -0.1) is 0 Å². The van der Waals surface area contributed by atoms with Crippen molar-refractivity contribution < 1.29 is 9.59 Å². The number of amides is 2. The first-order chi connectivity index (χ1) is 21.5. The lowest BCUT2D eigenvalue weighted by Crippen LogP contribution is -2.50. The molecule has 45 heavy (non-hydrogen) atoms. The minimum absolute atomic E-state index is 0.0221. The van der Waals surface area contributed by atoms with Gasteiger partial charge in [-0.1, -0.05) is 6.92 Å². The van der Waals surface area contributed by atoms with Crippen molar-refractivity contribution in [3.8, 4) is 11.3 Å². The summed E-state index contributed by atoms with van der Waals surface area (Å²) in [7, 11) is 6.50. The standard InChI is InChI=1S/C35H54N8O2/c1-8-43(28-11-9-27(10-12-28)40(5)6)32-19-26(31-21-37-33(22-36-31)42-15-13-41(7)14-16-42)18-29(25(32)4)34(44)38-20-30-23(2)17-24(3)39-35(30)45/h18-19,21-24,27-28,30H,8-17,20H2,1-7H3,(H,38,44)(H,39,45). The molecule has 246 valence electrons. The number of carbonyl (C=O) groups is 2. The fourth-order valence-electron chi connectivity index (χ4n) is 7.54. The van der Waals surface area contributed by atoms with Gasteiger partial charge in [0.25, 0.3) is 5.91 Å². The minimum Gasteiger partial charge on any atom is -0.369 e. The molecule has 3 atom stereocenters. The highest BCUT2D eigenvalue weighted by atomic mass is 16.2. The maximum Gasteiger partial charge on any atom is 0.251 e. The van der Waals surface area contributed by atoms with Gasteiger partial charge in [-0.3, -0.25) is 14.6 Å². The first-order valence-corrected chi connectivity index (χ1v) is 17.0. The molecule has 0 bridgehead atoms. The Balaban J connectivity index is 1.44. The second-order valence-corrected chi connectivity index (χ2v) is 13.9. The average molecular weight is 619 g/mol. The van der Waals surface area contributed by atoms with Gasteiger partial charge in [-0.25, -0.2) is 4.98 Å². The molecule has 2 aromatic rings. The molecular formula is C35H54N8O2. The molecule has 10 heteroatoms. The molecular weight excluding hydrogens is 564 g/mol. The molecule has 3 aliphatic rings. The first-order valence-electron chi connectivity index (χ1n) is 17.0. The van der Waals surface area contributed by atoms with Crippen molar-refractivity contribution in [1.29, 1.82) is 0 Å². The average Bonchev–Trinajstić information content (AvgIpc) is 3.02. The zero-order chi connectivity index (χ0) is 32.2. The second kappa shape index (κ2) is 14.5. The van der Waals surface area contributed by atoms with E-state index in [4.69, 9.17) is 9.97 Å². The summed E-state index contributed by atoms with van der Waals surface area (Å²) in [6.45, 7) is 13.5. The van der Waals surface area contributed by atoms with Crippen LogP contribution in [0.4, 0.5) is 11.5 Å². The third kappa shape index (κ3) is 7.60. The number of piperidine rings is 1. The fraction of sp³-hybridized carbons (Fsp3) is 0.657. The third-order valence-corrected chi connectivity index (χ3v) is 10.5. The van der Waals surface area contributed by atoms with E-state index < -0.39 is 0 Å². The molecule has 1 aliphatic carbocycles. The van der Waals surface area contributed by atoms with E-state index in [0.717, 1.165) is 80.3 Å². The Bertz CT molecular complexity index is 1320. The van der Waals surface area contributed by atoms with Crippen molar-refractivity contribution in [2.24, 2.45) is 11.8 Å². The van der Waals surface area contributed by atoms with Gasteiger partial charge >= 0.3 is 0 Å². The van der Waals surface area contributed by atoms with E-state index in [1.807, 2.05) is 25.4 Å². The third-order valence-electron chi connectivity index (χ3n) is 10.5. The number of nitrogens with one attached hydrogen (secondary N) is 2. The van der Waals surface area contributed by atoms with Crippen molar-refractivity contribution in [2.45, 2.75) is 77.9 Å². The maximum absolute atomic E-state index is 13.9. The molecule has 3 heterocycles. The molecule has 3 fully saturated rings. The number of hydrogen-bond acceptors (Lipinski definition) is 8. The van der Waals surface area contributed by atoms with Crippen LogP contribution in [0, 0.1) is 18.8 Å². The van der Waals surface area contributed by atoms with E-state index in [1.54, 1.807) is 0 Å². The number of benzene rings is 1. The van der Waals surface area contributed by atoms with Crippen LogP contribution in [0.5, 0.6) is 0 Å². The summed E-state index contributed by atoms with van der Waals surface area (Å²) in [5.74, 6) is 0.732. The normalized spacial score (nSPS) is 26.1. The van der Waals surface area contributed by atoms with Crippen LogP contribution in [-0.2, 0) is 4.79 Å². The zero-order valence-electron chi connectivity index (χ0n) is 28.5. The van der Waals surface area contributed by atoms with Gasteiger partial charge in [-0.2, -0.15) is 0 Å². The van der Waals surface area contributed by atoms with E-state index in [-0.39, 0.29) is 29.7 Å². The lowest BCUT2D eigenvalue weighted by Gasteiger charge is -2.40. The predicted molar refractivity (Wildman–Crippen MR) is 182 cm³/mol. The van der Waals surface area contributed by atoms with E-state index in [2.05, 4.69) is 78.2 Å². The van der Waals surface area contributed by atoms with Crippen LogP contribution in [0.15, 0.2) is 24.5 Å². The minimum atomic E-state index is -0.236. The van der Waals surface area contributed by atoms with Crippen LogP contribution in [-0.4, -0.2) is 110 Å². The number of aromatic nitrogens is 2. The summed E-state index contributed by atoms with van der Waals surface area (Å²) < 4.78 is 0. The van der Waals surface area contributed by atoms with Crippen LogP contribution in [0.3, 0.4) is 0 Å². The second-order valence-electron chi connectivity index (χ2n) is 13.9. The molecule has 3 unspecified atom stereocenters. The molecule has 1 aromatic carbocycles. The Labute approximate surface area is 269 Å². The summed E-state index contributed by atoms with van der Waals surface area (Å²) in [6.07, 6.45) is 9.19. The van der Waals surface area contributed by atoms with E-state index in [0.29, 0.717) is 24.2 Å². The highest BCUT2D eigenvalue weighted by Gasteiger charge is 2.33. The molecule has 0 radical (unpaired) electrons. The van der Waals surface area contributed by atoms with Crippen molar-refractivity contribution >= 4 is 23.3 Å². The number of anilines is 2. The van der Waals surface area contributed by atoms with Gasteiger partial charge in [-0.05, 0) is 97.6 Å². The van der Waals surface area contributed by atoms with Crippen LogP contribution in [0.1, 0.15) is 68.8 Å². The SMILES string of the molecule is CCN(c1cc(-c2cnc(N3CCN(C)CC3)cn2)cc(C(=O)NCC2C(=O)NC(C)CC2C)c1C)C1CCC(N(C)C)CC1. The van der Waals surface area contributed by atoms with Crippen LogP contribution in [0.25, 0.3) is 11.3 Å². The Kier molecular flexibility index (Phi) is 10.6. The zero-order valence-corrected chi connectivity index (χ0v) is 28.5. The van der Waals surface area contributed by atoms with Gasteiger partial charge < -0.3 is 30.2 Å². The Morgan fingerprint density at radius 3 is 2.31 bits per heavy atom. The highest BCUT2D eigenvalue weighted by Crippen LogP contribution is 2.35. The molecule has 2 N–H and O–H groups in total. The quantitative estimate of drug-likeness (QED) is 0.438. The maximum atomic E-state index is 13.9. The van der Waals surface area contributed by atoms with E-state index in [1.165, 1.54) is 12.8 Å². The topological polar surface area (TPSA) is 96.9 Å². The molecule has 1 aromatic heterocycles. The number of hydrogen-bond donors (Lipinski definition) is 2. The molecule has 5 rings (SSSR count). The highest BCUT2D eigenvalue weighted by molar-refractivity contribution is 5.99. The van der Waals surface area contributed by atoms with Gasteiger partial charge in [0.1, 0.15) is 5.82 Å². The van der Waals surface area contributed by atoms with Gasteiger partial charge in [0.15, 0.2) is 0 Å². The van der Waals surface area contributed by atoms with Crippen molar-refractivity contribution in [3.63, 3.8) is 0 Å². The lowest BCUT2D eigenvalue weighted by molar-refractivity contribution is -0.129. The summed E-state index contributed by atoms with van der Waals surface area (Å²) in [5.41, 5.74) is 4.31. The summed E-state index contributed by atoms with van der Waals surface area (Å²) in [6, 6.07) is 5.35. The van der Waals surface area contributed by atoms with Crippen molar-refractivity contribution in [3.05, 3.63) is 35.7 Å². The fourth-order valence-corrected chi connectivity index (χ4v) is 7.54. The van der Waals surface area contributed by atoms with Crippen LogP contribution < -0.4 is 20.4 Å². The summed E-state index contributed by atoms with van der Waals surface area (Å²) in [5, 5.41) is 6.18. The lowest BCUT2D eigenvalue weighted by atomic mass is 9.84. The van der Waals surface area contributed by atoms with Crippen LogP contribution in [0.2, 0.25) is 0 Å². The van der Waals surface area contributed by atoms with Gasteiger partial charge in [0.2, 0.25) is 5.91 Å². The summed E-state index contributed by atoms with van der Waals surface area (Å²) >= 11 is 0. The van der Waals surface area contributed by atoms with E-state index >= 15 is 0 Å². The number of likely N-dealkylation sites (N-methyl/N-ethyl adjacent to an activating group) is 1. The molecule has 10 nitrogen and oxygen atoms in total. The van der Waals surface area contributed by atoms with Gasteiger partial charge in [0, 0.05) is 74.2 Å². The Morgan fingerprint density at radius 1 is 1.02 bits per heavy atom. The summed E-state index contributed by atoms with van der Waals surface area (Å²) in [4.78, 5) is 45.8. The van der Waals surface area contributed by atoms with Crippen molar-refractivity contribution in [2.75, 3.05) is 70.2 Å². The Morgan fingerprint density at radius 2 is 1.71 bits per heavy atom. The number of nitrogens with zero attached hydrogens (tertiary/aromatic N) is 6. The number of piperazine rings is 1. The largest absolute Gasteiger partial charge is 0.369 e. The monoisotopic (exact) mass is 618 g/mol. The molecule has 2 aliphatic heterocycles. The van der Waals surface area contributed by atoms with Crippen LogP contribution >= 0.6 is 0 Å². The van der Waals surface area contributed by atoms with Gasteiger partial charge in [0.05, 0.1) is 24.0 Å². The number of carbonyl (C=O) groups excluding carboxylic acids is 2. The Hall–Kier alpha value is -3.24. The smallest absolute Gasteiger partial charge is 0.251 e. The molecule has 1 saturated carbocycles. The molecule has 2 amide bonds.